The van der Waals surface area contributed by atoms with Gasteiger partial charge < -0.3 is 5.32 Å². The Kier molecular flexibility index (Phi) is 4.49. The van der Waals surface area contributed by atoms with Crippen molar-refractivity contribution in [3.8, 4) is 0 Å². The number of aryl methyl sites for hydroxylation is 1. The lowest BCUT2D eigenvalue weighted by molar-refractivity contribution is 0.753. The number of aliphatic imine (C=N–C) groups is 1. The summed E-state index contributed by atoms with van der Waals surface area (Å²) in [5.41, 5.74) is 2.63. The first kappa shape index (κ1) is 12.5. The molecule has 92 valence electrons. The van der Waals surface area contributed by atoms with Crippen molar-refractivity contribution in [2.75, 3.05) is 6.54 Å². The number of rotatable bonds is 4. The second-order valence-electron chi connectivity index (χ2n) is 4.51. The molecule has 0 saturated carbocycles. The van der Waals surface area contributed by atoms with Gasteiger partial charge in [-0.15, -0.1) is 0 Å². The van der Waals surface area contributed by atoms with E-state index in [1.807, 2.05) is 11.8 Å². The molecule has 0 saturated heterocycles. The van der Waals surface area contributed by atoms with Crippen LogP contribution in [0.3, 0.4) is 0 Å². The molecule has 3 heteroatoms. The third-order valence-electron chi connectivity index (χ3n) is 2.89. The second kappa shape index (κ2) is 6.10. The van der Waals surface area contributed by atoms with Gasteiger partial charge in [0.1, 0.15) is 0 Å². The minimum atomic E-state index is 0.695. The minimum absolute atomic E-state index is 0.695. The van der Waals surface area contributed by atoms with Crippen LogP contribution in [0.2, 0.25) is 0 Å². The fraction of sp³-hybridized carbons (Fsp3) is 0.500. The van der Waals surface area contributed by atoms with E-state index < -0.39 is 0 Å². The van der Waals surface area contributed by atoms with Crippen molar-refractivity contribution < 1.29 is 0 Å². The van der Waals surface area contributed by atoms with Crippen LogP contribution < -0.4 is 5.32 Å². The van der Waals surface area contributed by atoms with E-state index in [0.717, 1.165) is 18.3 Å². The van der Waals surface area contributed by atoms with Crippen LogP contribution in [0, 0.1) is 6.92 Å². The van der Waals surface area contributed by atoms with Gasteiger partial charge in [-0.1, -0.05) is 54.9 Å². The van der Waals surface area contributed by atoms with E-state index in [9.17, 15) is 0 Å². The number of amidine groups is 1. The van der Waals surface area contributed by atoms with Crippen LogP contribution in [0.15, 0.2) is 29.3 Å². The van der Waals surface area contributed by atoms with Crippen molar-refractivity contribution in [1.29, 1.82) is 0 Å². The fourth-order valence-corrected chi connectivity index (χ4v) is 2.99. The molecule has 1 aromatic carbocycles. The highest BCUT2D eigenvalue weighted by Gasteiger charge is 2.17. The van der Waals surface area contributed by atoms with E-state index in [0.29, 0.717) is 5.25 Å². The third-order valence-corrected chi connectivity index (χ3v) is 4.11. The van der Waals surface area contributed by atoms with Crippen molar-refractivity contribution >= 4 is 16.9 Å². The number of nitrogens with zero attached hydrogens (tertiary/aromatic N) is 1. The first-order chi connectivity index (χ1) is 8.28. The number of thioether (sulfide) groups is 1. The Labute approximate surface area is 108 Å². The normalized spacial score (nSPS) is 19.2. The summed E-state index contributed by atoms with van der Waals surface area (Å²) in [6, 6.07) is 8.65. The van der Waals surface area contributed by atoms with E-state index in [1.54, 1.807) is 0 Å². The highest BCUT2D eigenvalue weighted by atomic mass is 32.2. The van der Waals surface area contributed by atoms with E-state index in [2.05, 4.69) is 48.4 Å². The lowest BCUT2D eigenvalue weighted by Gasteiger charge is -2.08. The van der Waals surface area contributed by atoms with Crippen LogP contribution in [-0.2, 0) is 6.54 Å². The fourth-order valence-electron chi connectivity index (χ4n) is 1.87. The van der Waals surface area contributed by atoms with Gasteiger partial charge in [-0.25, -0.2) is 0 Å². The molecule has 2 rings (SSSR count). The Morgan fingerprint density at radius 3 is 2.82 bits per heavy atom. The summed E-state index contributed by atoms with van der Waals surface area (Å²) in [4.78, 5) is 4.54. The Hall–Kier alpha value is -0.960. The Morgan fingerprint density at radius 1 is 1.35 bits per heavy atom. The average Bonchev–Trinajstić information content (AvgIpc) is 2.77. The predicted octanol–water partition coefficient (Wildman–Crippen LogP) is 3.36. The topological polar surface area (TPSA) is 24.4 Å². The number of benzene rings is 1. The molecule has 0 bridgehead atoms. The maximum Gasteiger partial charge on any atom is 0.157 e. The summed E-state index contributed by atoms with van der Waals surface area (Å²) in [5, 5.41) is 5.23. The Balaban J connectivity index is 1.78. The van der Waals surface area contributed by atoms with Crippen LogP contribution in [0.5, 0.6) is 0 Å². The van der Waals surface area contributed by atoms with Crippen LogP contribution in [0.1, 0.15) is 30.9 Å². The largest absolute Gasteiger partial charge is 0.361 e. The van der Waals surface area contributed by atoms with Crippen molar-refractivity contribution in [3.05, 3.63) is 35.4 Å². The first-order valence-corrected chi connectivity index (χ1v) is 7.16. The summed E-state index contributed by atoms with van der Waals surface area (Å²) < 4.78 is 0. The molecule has 0 spiro atoms. The van der Waals surface area contributed by atoms with Gasteiger partial charge in [0.15, 0.2) is 5.17 Å². The molecule has 1 aliphatic rings. The van der Waals surface area contributed by atoms with E-state index >= 15 is 0 Å². The molecule has 0 aromatic heterocycles. The molecule has 1 heterocycles. The first-order valence-electron chi connectivity index (χ1n) is 6.28. The van der Waals surface area contributed by atoms with Crippen LogP contribution in [0.25, 0.3) is 0 Å². The molecule has 0 aliphatic carbocycles. The van der Waals surface area contributed by atoms with Gasteiger partial charge in [0.2, 0.25) is 0 Å². The predicted molar refractivity (Wildman–Crippen MR) is 76.6 cm³/mol. The van der Waals surface area contributed by atoms with Crippen molar-refractivity contribution in [1.82, 2.24) is 5.32 Å². The molecule has 0 fully saturated rings. The second-order valence-corrected chi connectivity index (χ2v) is 5.80. The highest BCUT2D eigenvalue weighted by Crippen LogP contribution is 2.23. The van der Waals surface area contributed by atoms with Gasteiger partial charge >= 0.3 is 0 Å². The van der Waals surface area contributed by atoms with Crippen LogP contribution in [-0.4, -0.2) is 17.0 Å². The maximum absolute atomic E-state index is 4.54. The standard InChI is InChI=1S/C14H20N2S/c1-3-4-13-10-16-14(17-13)15-9-12-7-5-11(2)6-8-12/h5-8,13H,3-4,9-10H2,1-2H3,(H,15,16). The Bertz CT molecular complexity index is 384. The summed E-state index contributed by atoms with van der Waals surface area (Å²) in [5.74, 6) is 0. The molecular formula is C14H20N2S. The number of hydrogen-bond donors (Lipinski definition) is 1. The lowest BCUT2D eigenvalue weighted by atomic mass is 10.1. The number of nitrogens with one attached hydrogen (secondary N) is 1. The summed E-state index contributed by atoms with van der Waals surface area (Å²) in [6.07, 6.45) is 2.52. The Morgan fingerprint density at radius 2 is 2.12 bits per heavy atom. The molecule has 17 heavy (non-hydrogen) atoms. The highest BCUT2D eigenvalue weighted by molar-refractivity contribution is 8.14. The SMILES string of the molecule is CCCC1CN=C(NCc2ccc(C)cc2)S1. The molecule has 1 unspecified atom stereocenters. The smallest absolute Gasteiger partial charge is 0.157 e. The quantitative estimate of drug-likeness (QED) is 0.883. The van der Waals surface area contributed by atoms with Gasteiger partial charge in [-0.05, 0) is 18.9 Å². The monoisotopic (exact) mass is 248 g/mol. The van der Waals surface area contributed by atoms with Crippen molar-refractivity contribution in [2.24, 2.45) is 4.99 Å². The zero-order chi connectivity index (χ0) is 12.1. The molecular weight excluding hydrogens is 228 g/mol. The lowest BCUT2D eigenvalue weighted by Crippen LogP contribution is -2.18. The summed E-state index contributed by atoms with van der Waals surface area (Å²) in [7, 11) is 0. The zero-order valence-electron chi connectivity index (χ0n) is 10.6. The van der Waals surface area contributed by atoms with Gasteiger partial charge in [0.05, 0.1) is 6.54 Å². The molecule has 1 aromatic rings. The molecule has 2 nitrogen and oxygen atoms in total. The van der Waals surface area contributed by atoms with Gasteiger partial charge in [-0.2, -0.15) is 0 Å². The average molecular weight is 248 g/mol. The van der Waals surface area contributed by atoms with Gasteiger partial charge in [0.25, 0.3) is 0 Å². The molecule has 1 aliphatic heterocycles. The third kappa shape index (κ3) is 3.77. The minimum Gasteiger partial charge on any atom is -0.361 e. The summed E-state index contributed by atoms with van der Waals surface area (Å²) in [6.45, 7) is 6.21. The molecule has 1 N–H and O–H groups in total. The van der Waals surface area contributed by atoms with E-state index in [4.69, 9.17) is 0 Å². The van der Waals surface area contributed by atoms with E-state index in [1.165, 1.54) is 24.0 Å². The molecule has 0 amide bonds. The van der Waals surface area contributed by atoms with Crippen molar-refractivity contribution in [2.45, 2.75) is 38.5 Å². The summed E-state index contributed by atoms with van der Waals surface area (Å²) >= 11 is 1.90. The zero-order valence-corrected chi connectivity index (χ0v) is 11.4. The van der Waals surface area contributed by atoms with Crippen molar-refractivity contribution in [3.63, 3.8) is 0 Å². The van der Waals surface area contributed by atoms with E-state index in [-0.39, 0.29) is 0 Å². The van der Waals surface area contributed by atoms with Crippen LogP contribution >= 0.6 is 11.8 Å². The molecule has 0 radical (unpaired) electrons. The van der Waals surface area contributed by atoms with Gasteiger partial charge in [0, 0.05) is 11.8 Å². The molecule has 1 atom stereocenters. The van der Waals surface area contributed by atoms with Crippen LogP contribution in [0.4, 0.5) is 0 Å². The number of hydrogen-bond acceptors (Lipinski definition) is 3. The maximum atomic E-state index is 4.54. The van der Waals surface area contributed by atoms with Gasteiger partial charge in [-0.3, -0.25) is 4.99 Å².